The third-order valence-electron chi connectivity index (χ3n) is 2.70. The zero-order valence-corrected chi connectivity index (χ0v) is 10.4. The van der Waals surface area contributed by atoms with Crippen LogP contribution in [0.15, 0.2) is 24.3 Å². The number of nitrogens with two attached hydrogens (primary N) is 1. The topological polar surface area (TPSA) is 72.6 Å². The Kier molecular flexibility index (Phi) is 3.72. The quantitative estimate of drug-likeness (QED) is 0.828. The number of amides is 2. The number of carbonyl (C=O) groups excluding carboxylic acids is 2. The zero-order chi connectivity index (χ0) is 13.1. The molecule has 0 saturated heterocycles. The maximum atomic E-state index is 12.0. The van der Waals surface area contributed by atoms with Gasteiger partial charge in [0.2, 0.25) is 5.91 Å². The molecular weight excluding hydrogens is 256 g/mol. The number of rotatable bonds is 3. The Balaban J connectivity index is 2.33. The molecule has 0 fully saturated rings. The van der Waals surface area contributed by atoms with Gasteiger partial charge in [-0.1, -0.05) is 12.1 Å². The van der Waals surface area contributed by atoms with Gasteiger partial charge in [0.25, 0.3) is 5.91 Å². The average Bonchev–Trinajstić information content (AvgIpc) is 2.37. The van der Waals surface area contributed by atoms with Crippen molar-refractivity contribution < 1.29 is 14.3 Å². The fourth-order valence-corrected chi connectivity index (χ4v) is 2.00. The molecule has 96 valence electrons. The SMILES string of the molecule is NC(=O)C1CN(C(=O)CCCl)c2ccccc2O1. The highest BCUT2D eigenvalue weighted by Crippen LogP contribution is 2.33. The van der Waals surface area contributed by atoms with Crippen molar-refractivity contribution in [2.75, 3.05) is 17.3 Å². The van der Waals surface area contributed by atoms with Crippen LogP contribution in [-0.4, -0.2) is 30.3 Å². The van der Waals surface area contributed by atoms with Gasteiger partial charge >= 0.3 is 0 Å². The summed E-state index contributed by atoms with van der Waals surface area (Å²) in [5, 5.41) is 0. The molecule has 2 N–H and O–H groups in total. The number of halogens is 1. The van der Waals surface area contributed by atoms with Crippen molar-refractivity contribution in [3.8, 4) is 5.75 Å². The third kappa shape index (κ3) is 2.41. The van der Waals surface area contributed by atoms with E-state index in [9.17, 15) is 9.59 Å². The number of hydrogen-bond acceptors (Lipinski definition) is 3. The number of fused-ring (bicyclic) bond motifs is 1. The molecule has 0 aromatic heterocycles. The number of benzene rings is 1. The van der Waals surface area contributed by atoms with E-state index in [0.29, 0.717) is 11.4 Å². The first-order valence-corrected chi connectivity index (χ1v) is 6.08. The van der Waals surface area contributed by atoms with E-state index in [0.717, 1.165) is 0 Å². The van der Waals surface area contributed by atoms with Gasteiger partial charge in [0, 0.05) is 12.3 Å². The maximum absolute atomic E-state index is 12.0. The Morgan fingerprint density at radius 3 is 2.83 bits per heavy atom. The lowest BCUT2D eigenvalue weighted by atomic mass is 10.1. The Morgan fingerprint density at radius 2 is 2.17 bits per heavy atom. The average molecular weight is 269 g/mol. The van der Waals surface area contributed by atoms with Crippen molar-refractivity contribution in [1.29, 1.82) is 0 Å². The molecule has 2 amide bonds. The summed E-state index contributed by atoms with van der Waals surface area (Å²) < 4.78 is 5.45. The Hall–Kier alpha value is -1.75. The first-order valence-electron chi connectivity index (χ1n) is 5.55. The molecule has 1 aliphatic heterocycles. The molecule has 0 radical (unpaired) electrons. The second-order valence-electron chi connectivity index (χ2n) is 3.92. The fraction of sp³-hybridized carbons (Fsp3) is 0.333. The first kappa shape index (κ1) is 12.7. The van der Waals surface area contributed by atoms with Crippen LogP contribution >= 0.6 is 11.6 Å². The molecule has 0 bridgehead atoms. The van der Waals surface area contributed by atoms with E-state index < -0.39 is 12.0 Å². The van der Waals surface area contributed by atoms with Gasteiger partial charge in [-0.3, -0.25) is 9.59 Å². The maximum Gasteiger partial charge on any atom is 0.260 e. The van der Waals surface area contributed by atoms with Gasteiger partial charge in [-0.05, 0) is 12.1 Å². The highest BCUT2D eigenvalue weighted by Gasteiger charge is 2.32. The highest BCUT2D eigenvalue weighted by atomic mass is 35.5. The van der Waals surface area contributed by atoms with Crippen molar-refractivity contribution in [3.05, 3.63) is 24.3 Å². The second kappa shape index (κ2) is 5.27. The Bertz CT molecular complexity index is 478. The summed E-state index contributed by atoms with van der Waals surface area (Å²) >= 11 is 5.57. The Morgan fingerprint density at radius 1 is 1.44 bits per heavy atom. The van der Waals surface area contributed by atoms with Gasteiger partial charge in [0.15, 0.2) is 6.10 Å². The van der Waals surface area contributed by atoms with E-state index in [2.05, 4.69) is 0 Å². The van der Waals surface area contributed by atoms with Crippen LogP contribution in [0.5, 0.6) is 5.75 Å². The normalized spacial score (nSPS) is 17.8. The molecule has 1 atom stereocenters. The molecule has 1 aromatic rings. The van der Waals surface area contributed by atoms with Gasteiger partial charge in [0.05, 0.1) is 12.2 Å². The zero-order valence-electron chi connectivity index (χ0n) is 9.64. The number of primary amides is 1. The van der Waals surface area contributed by atoms with E-state index in [1.165, 1.54) is 4.90 Å². The number of alkyl halides is 1. The molecular formula is C12H13ClN2O3. The van der Waals surface area contributed by atoms with Crippen LogP contribution in [0.4, 0.5) is 5.69 Å². The molecule has 0 saturated carbocycles. The van der Waals surface area contributed by atoms with Crippen molar-refractivity contribution in [1.82, 2.24) is 0 Å². The van der Waals surface area contributed by atoms with E-state index in [1.807, 2.05) is 0 Å². The summed E-state index contributed by atoms with van der Waals surface area (Å²) in [5.41, 5.74) is 5.88. The van der Waals surface area contributed by atoms with Crippen LogP contribution in [0.3, 0.4) is 0 Å². The molecule has 5 nitrogen and oxygen atoms in total. The van der Waals surface area contributed by atoms with Crippen LogP contribution in [0.25, 0.3) is 0 Å². The number of anilines is 1. The fourth-order valence-electron chi connectivity index (χ4n) is 1.83. The lowest BCUT2D eigenvalue weighted by Gasteiger charge is -2.33. The van der Waals surface area contributed by atoms with Crippen molar-refractivity contribution in [3.63, 3.8) is 0 Å². The minimum absolute atomic E-state index is 0.127. The standard InChI is InChI=1S/C12H13ClN2O3/c13-6-5-11(16)15-7-10(12(14)17)18-9-4-2-1-3-8(9)15/h1-4,10H,5-7H2,(H2,14,17). The summed E-state index contributed by atoms with van der Waals surface area (Å²) in [7, 11) is 0. The number of hydrogen-bond donors (Lipinski definition) is 1. The predicted molar refractivity (Wildman–Crippen MR) is 67.7 cm³/mol. The number of para-hydroxylation sites is 2. The van der Waals surface area contributed by atoms with E-state index >= 15 is 0 Å². The predicted octanol–water partition coefficient (Wildman–Crippen LogP) is 0.895. The third-order valence-corrected chi connectivity index (χ3v) is 2.89. The summed E-state index contributed by atoms with van der Waals surface area (Å²) in [6, 6.07) is 7.03. The summed E-state index contributed by atoms with van der Waals surface area (Å²) in [5.74, 6) is -0.0183. The van der Waals surface area contributed by atoms with E-state index in [1.54, 1.807) is 24.3 Å². The molecule has 0 spiro atoms. The molecule has 6 heteroatoms. The largest absolute Gasteiger partial charge is 0.477 e. The number of nitrogens with zero attached hydrogens (tertiary/aromatic N) is 1. The molecule has 1 unspecified atom stereocenters. The van der Waals surface area contributed by atoms with Crippen molar-refractivity contribution in [2.45, 2.75) is 12.5 Å². The first-order chi connectivity index (χ1) is 8.63. The molecule has 0 aliphatic carbocycles. The van der Waals surface area contributed by atoms with Crippen molar-refractivity contribution >= 4 is 29.1 Å². The van der Waals surface area contributed by atoms with Gasteiger partial charge in [-0.15, -0.1) is 11.6 Å². The summed E-state index contributed by atoms with van der Waals surface area (Å²) in [6.07, 6.45) is -0.611. The van der Waals surface area contributed by atoms with Crippen LogP contribution < -0.4 is 15.4 Å². The van der Waals surface area contributed by atoms with Crippen molar-refractivity contribution in [2.24, 2.45) is 5.73 Å². The smallest absolute Gasteiger partial charge is 0.260 e. The molecule has 1 aliphatic rings. The minimum Gasteiger partial charge on any atom is -0.477 e. The Labute approximate surface area is 109 Å². The van der Waals surface area contributed by atoms with Crippen LogP contribution in [0, 0.1) is 0 Å². The summed E-state index contributed by atoms with van der Waals surface area (Å²) in [4.78, 5) is 24.7. The second-order valence-corrected chi connectivity index (χ2v) is 4.30. The van der Waals surface area contributed by atoms with Gasteiger partial charge in [-0.2, -0.15) is 0 Å². The molecule has 1 heterocycles. The van der Waals surface area contributed by atoms with Gasteiger partial charge in [0.1, 0.15) is 5.75 Å². The lowest BCUT2D eigenvalue weighted by molar-refractivity contribution is -0.125. The van der Waals surface area contributed by atoms with Gasteiger partial charge < -0.3 is 15.4 Å². The van der Waals surface area contributed by atoms with E-state index in [-0.39, 0.29) is 24.8 Å². The monoisotopic (exact) mass is 268 g/mol. The molecule has 1 aromatic carbocycles. The summed E-state index contributed by atoms with van der Waals surface area (Å²) in [6.45, 7) is 0.127. The molecule has 2 rings (SSSR count). The molecule has 18 heavy (non-hydrogen) atoms. The van der Waals surface area contributed by atoms with Crippen LogP contribution in [-0.2, 0) is 9.59 Å². The highest BCUT2D eigenvalue weighted by molar-refractivity contribution is 6.19. The number of carbonyl (C=O) groups is 2. The van der Waals surface area contributed by atoms with Gasteiger partial charge in [-0.25, -0.2) is 0 Å². The van der Waals surface area contributed by atoms with E-state index in [4.69, 9.17) is 22.1 Å². The minimum atomic E-state index is -0.820. The van der Waals surface area contributed by atoms with Crippen LogP contribution in [0.1, 0.15) is 6.42 Å². The lowest BCUT2D eigenvalue weighted by Crippen LogP contribution is -2.49. The number of ether oxygens (including phenoxy) is 1. The van der Waals surface area contributed by atoms with Crippen LogP contribution in [0.2, 0.25) is 0 Å².